The van der Waals surface area contributed by atoms with Gasteiger partial charge in [0.25, 0.3) is 0 Å². The molecule has 0 radical (unpaired) electrons. The van der Waals surface area contributed by atoms with E-state index in [1.54, 1.807) is 11.8 Å². The van der Waals surface area contributed by atoms with Gasteiger partial charge in [0.1, 0.15) is 0 Å². The van der Waals surface area contributed by atoms with Gasteiger partial charge in [-0.25, -0.2) is 4.68 Å². The van der Waals surface area contributed by atoms with Crippen molar-refractivity contribution in [1.29, 1.82) is 0 Å². The van der Waals surface area contributed by atoms with Crippen molar-refractivity contribution in [3.05, 3.63) is 0 Å². The molecule has 4 nitrogen and oxygen atoms in total. The van der Waals surface area contributed by atoms with E-state index in [0.29, 0.717) is 12.0 Å². The van der Waals surface area contributed by atoms with E-state index < -0.39 is 0 Å². The molecular formula is C10H18N4S. The van der Waals surface area contributed by atoms with Crippen molar-refractivity contribution < 1.29 is 0 Å². The van der Waals surface area contributed by atoms with E-state index in [4.69, 9.17) is 5.73 Å². The SMILES string of the molecule is CSc1nc(N)n(C2CCCCCC2)n1. The predicted octanol–water partition coefficient (Wildman–Crippen LogP) is 2.48. The van der Waals surface area contributed by atoms with Crippen molar-refractivity contribution in [3.63, 3.8) is 0 Å². The zero-order valence-electron chi connectivity index (χ0n) is 9.15. The summed E-state index contributed by atoms with van der Waals surface area (Å²) in [5.41, 5.74) is 5.87. The number of aromatic nitrogens is 3. The second-order valence-corrected chi connectivity index (χ2v) is 4.82. The zero-order valence-corrected chi connectivity index (χ0v) is 9.96. The lowest BCUT2D eigenvalue weighted by molar-refractivity contribution is 0.405. The molecule has 0 aliphatic heterocycles. The maximum absolute atomic E-state index is 5.87. The standard InChI is InChI=1S/C10H18N4S/c1-15-10-12-9(11)14(13-10)8-6-4-2-3-5-7-8/h8H,2-7H2,1H3,(H2,11,12,13). The van der Waals surface area contributed by atoms with Gasteiger partial charge in [0.05, 0.1) is 6.04 Å². The summed E-state index contributed by atoms with van der Waals surface area (Å²) >= 11 is 1.55. The largest absolute Gasteiger partial charge is 0.368 e. The van der Waals surface area contributed by atoms with E-state index >= 15 is 0 Å². The topological polar surface area (TPSA) is 56.7 Å². The number of nitrogens with two attached hydrogens (primary N) is 1. The fourth-order valence-electron chi connectivity index (χ4n) is 2.17. The second kappa shape index (κ2) is 4.88. The Morgan fingerprint density at radius 2 is 1.93 bits per heavy atom. The summed E-state index contributed by atoms with van der Waals surface area (Å²) in [4.78, 5) is 4.23. The summed E-state index contributed by atoms with van der Waals surface area (Å²) in [6, 6.07) is 0.473. The molecule has 15 heavy (non-hydrogen) atoms. The minimum Gasteiger partial charge on any atom is -0.368 e. The lowest BCUT2D eigenvalue weighted by Gasteiger charge is -2.14. The number of thioether (sulfide) groups is 1. The van der Waals surface area contributed by atoms with Crippen molar-refractivity contribution in [1.82, 2.24) is 14.8 Å². The summed E-state index contributed by atoms with van der Waals surface area (Å²) < 4.78 is 1.93. The third kappa shape index (κ3) is 2.45. The number of nitrogens with zero attached hydrogens (tertiary/aromatic N) is 3. The molecule has 0 spiro atoms. The molecule has 0 unspecified atom stereocenters. The first-order valence-corrected chi connectivity index (χ1v) is 6.79. The van der Waals surface area contributed by atoms with E-state index in [9.17, 15) is 0 Å². The van der Waals surface area contributed by atoms with Crippen molar-refractivity contribution >= 4 is 17.7 Å². The number of hydrogen-bond acceptors (Lipinski definition) is 4. The van der Waals surface area contributed by atoms with Gasteiger partial charge < -0.3 is 5.73 Å². The van der Waals surface area contributed by atoms with Crippen LogP contribution < -0.4 is 5.73 Å². The van der Waals surface area contributed by atoms with Crippen molar-refractivity contribution in [2.75, 3.05) is 12.0 Å². The summed E-state index contributed by atoms with van der Waals surface area (Å²) in [6.07, 6.45) is 9.65. The molecule has 0 atom stereocenters. The summed E-state index contributed by atoms with van der Waals surface area (Å²) in [6.45, 7) is 0. The van der Waals surface area contributed by atoms with Gasteiger partial charge in [-0.1, -0.05) is 37.4 Å². The minimum absolute atomic E-state index is 0.473. The molecule has 0 saturated heterocycles. The summed E-state index contributed by atoms with van der Waals surface area (Å²) in [5.74, 6) is 0.575. The van der Waals surface area contributed by atoms with Crippen LogP contribution in [0.3, 0.4) is 0 Å². The van der Waals surface area contributed by atoms with Gasteiger partial charge in [-0.15, -0.1) is 5.10 Å². The van der Waals surface area contributed by atoms with E-state index in [0.717, 1.165) is 5.16 Å². The molecule has 0 amide bonds. The Balaban J connectivity index is 2.15. The Bertz CT molecular complexity index is 315. The molecule has 84 valence electrons. The predicted molar refractivity (Wildman–Crippen MR) is 63.0 cm³/mol. The Labute approximate surface area is 94.6 Å². The molecule has 5 heteroatoms. The van der Waals surface area contributed by atoms with Gasteiger partial charge in [0.2, 0.25) is 11.1 Å². The zero-order chi connectivity index (χ0) is 10.7. The lowest BCUT2D eigenvalue weighted by atomic mass is 10.1. The van der Waals surface area contributed by atoms with Gasteiger partial charge in [-0.05, 0) is 19.1 Å². The number of anilines is 1. The van der Waals surface area contributed by atoms with Crippen molar-refractivity contribution in [2.24, 2.45) is 0 Å². The summed E-state index contributed by atoms with van der Waals surface area (Å²) in [7, 11) is 0. The van der Waals surface area contributed by atoms with Gasteiger partial charge in [-0.2, -0.15) is 4.98 Å². The Morgan fingerprint density at radius 1 is 1.27 bits per heavy atom. The molecule has 2 N–H and O–H groups in total. The van der Waals surface area contributed by atoms with Crippen molar-refractivity contribution in [3.8, 4) is 0 Å². The van der Waals surface area contributed by atoms with Gasteiger partial charge in [-0.3, -0.25) is 0 Å². The van der Waals surface area contributed by atoms with Crippen LogP contribution in [0.2, 0.25) is 0 Å². The Hall–Kier alpha value is -0.710. The lowest BCUT2D eigenvalue weighted by Crippen LogP contribution is -2.12. The van der Waals surface area contributed by atoms with Crippen LogP contribution in [-0.4, -0.2) is 21.0 Å². The van der Waals surface area contributed by atoms with E-state index in [1.165, 1.54) is 38.5 Å². The van der Waals surface area contributed by atoms with E-state index in [1.807, 2.05) is 10.9 Å². The highest BCUT2D eigenvalue weighted by Crippen LogP contribution is 2.28. The Morgan fingerprint density at radius 3 is 2.47 bits per heavy atom. The first-order valence-electron chi connectivity index (χ1n) is 5.57. The van der Waals surface area contributed by atoms with Crippen LogP contribution >= 0.6 is 11.8 Å². The molecular weight excluding hydrogens is 208 g/mol. The first-order chi connectivity index (χ1) is 7.31. The molecule has 1 heterocycles. The van der Waals surface area contributed by atoms with Crippen LogP contribution in [0.25, 0.3) is 0 Å². The van der Waals surface area contributed by atoms with Crippen LogP contribution in [0.5, 0.6) is 0 Å². The average Bonchev–Trinajstić information content (AvgIpc) is 2.48. The number of hydrogen-bond donors (Lipinski definition) is 1. The smallest absolute Gasteiger partial charge is 0.219 e. The molecule has 1 aromatic heterocycles. The number of rotatable bonds is 2. The number of nitrogen functional groups attached to an aromatic ring is 1. The van der Waals surface area contributed by atoms with E-state index in [-0.39, 0.29) is 0 Å². The molecule has 1 fully saturated rings. The molecule has 1 aliphatic carbocycles. The molecule has 1 aliphatic rings. The van der Waals surface area contributed by atoms with Crippen LogP contribution in [0, 0.1) is 0 Å². The maximum atomic E-state index is 5.87. The highest BCUT2D eigenvalue weighted by molar-refractivity contribution is 7.98. The normalized spacial score (nSPS) is 19.0. The van der Waals surface area contributed by atoms with Gasteiger partial charge in [0, 0.05) is 0 Å². The molecule has 1 aromatic rings. The quantitative estimate of drug-likeness (QED) is 0.621. The Kier molecular flexibility index (Phi) is 3.51. The highest BCUT2D eigenvalue weighted by atomic mass is 32.2. The molecule has 0 bridgehead atoms. The van der Waals surface area contributed by atoms with E-state index in [2.05, 4.69) is 10.1 Å². The highest BCUT2D eigenvalue weighted by Gasteiger charge is 2.18. The van der Waals surface area contributed by atoms with Gasteiger partial charge in [0.15, 0.2) is 0 Å². The summed E-state index contributed by atoms with van der Waals surface area (Å²) in [5, 5.41) is 5.23. The third-order valence-electron chi connectivity index (χ3n) is 2.99. The van der Waals surface area contributed by atoms with Crippen molar-refractivity contribution in [2.45, 2.75) is 49.7 Å². The monoisotopic (exact) mass is 226 g/mol. The van der Waals surface area contributed by atoms with Crippen LogP contribution in [0.1, 0.15) is 44.6 Å². The van der Waals surface area contributed by atoms with Gasteiger partial charge >= 0.3 is 0 Å². The molecule has 1 saturated carbocycles. The fraction of sp³-hybridized carbons (Fsp3) is 0.800. The molecule has 0 aromatic carbocycles. The maximum Gasteiger partial charge on any atom is 0.219 e. The third-order valence-corrected chi connectivity index (χ3v) is 3.53. The second-order valence-electron chi connectivity index (χ2n) is 4.05. The van der Waals surface area contributed by atoms with Crippen LogP contribution in [0.4, 0.5) is 5.95 Å². The fourth-order valence-corrected chi connectivity index (χ4v) is 2.53. The van der Waals surface area contributed by atoms with Crippen LogP contribution in [0.15, 0.2) is 5.16 Å². The van der Waals surface area contributed by atoms with Crippen LogP contribution in [-0.2, 0) is 0 Å². The minimum atomic E-state index is 0.473. The first kappa shape index (κ1) is 10.8. The average molecular weight is 226 g/mol. The molecule has 2 rings (SSSR count).